The van der Waals surface area contributed by atoms with Crippen molar-refractivity contribution in [3.8, 4) is 5.75 Å². The largest absolute Gasteiger partial charge is 0.495 e. The molecule has 1 aromatic rings. The molecule has 1 fully saturated rings. The van der Waals surface area contributed by atoms with E-state index in [2.05, 4.69) is 43.9 Å². The molecule has 1 N–H and O–H groups in total. The number of benzene rings is 1. The highest BCUT2D eigenvalue weighted by Crippen LogP contribution is 2.37. The number of ether oxygens (including phenoxy) is 1. The Hall–Kier alpha value is -1.22. The molecule has 0 atom stereocenters. The number of anilines is 1. The molecule has 1 aliphatic heterocycles. The SMILES string of the molecule is COc1cc(C(C)(C)C)ccc1N1CC(C)(O)C1. The minimum Gasteiger partial charge on any atom is -0.495 e. The Morgan fingerprint density at radius 3 is 2.33 bits per heavy atom. The third-order valence-electron chi connectivity index (χ3n) is 3.45. The summed E-state index contributed by atoms with van der Waals surface area (Å²) in [7, 11) is 1.70. The first kappa shape index (κ1) is 13.2. The van der Waals surface area contributed by atoms with E-state index in [-0.39, 0.29) is 5.41 Å². The van der Waals surface area contributed by atoms with E-state index in [4.69, 9.17) is 4.74 Å². The second-order valence-electron chi connectivity index (χ2n) is 6.49. The van der Waals surface area contributed by atoms with Crippen LogP contribution in [0.5, 0.6) is 5.75 Å². The highest BCUT2D eigenvalue weighted by molar-refractivity contribution is 5.62. The van der Waals surface area contributed by atoms with Crippen molar-refractivity contribution in [2.24, 2.45) is 0 Å². The topological polar surface area (TPSA) is 32.7 Å². The number of aliphatic hydroxyl groups is 1. The first-order chi connectivity index (χ1) is 8.23. The summed E-state index contributed by atoms with van der Waals surface area (Å²) in [6, 6.07) is 6.34. The summed E-state index contributed by atoms with van der Waals surface area (Å²) in [5.41, 5.74) is 1.88. The van der Waals surface area contributed by atoms with Gasteiger partial charge in [0.15, 0.2) is 0 Å². The van der Waals surface area contributed by atoms with E-state index in [1.54, 1.807) is 7.11 Å². The molecule has 1 saturated heterocycles. The van der Waals surface area contributed by atoms with Crippen molar-refractivity contribution in [2.75, 3.05) is 25.1 Å². The Morgan fingerprint density at radius 2 is 1.89 bits per heavy atom. The summed E-state index contributed by atoms with van der Waals surface area (Å²) in [6.07, 6.45) is 0. The molecule has 0 saturated carbocycles. The van der Waals surface area contributed by atoms with Gasteiger partial charge in [0.2, 0.25) is 0 Å². The zero-order valence-corrected chi connectivity index (χ0v) is 11.9. The van der Waals surface area contributed by atoms with Gasteiger partial charge in [-0.1, -0.05) is 26.8 Å². The zero-order chi connectivity index (χ0) is 13.6. The van der Waals surface area contributed by atoms with Crippen LogP contribution in [0.3, 0.4) is 0 Å². The van der Waals surface area contributed by atoms with E-state index >= 15 is 0 Å². The number of β-amino-alcohol motifs (C(OH)–C–C–N with tert-alkyl or cyclic N) is 1. The Balaban J connectivity index is 2.28. The molecular weight excluding hydrogens is 226 g/mol. The lowest BCUT2D eigenvalue weighted by Gasteiger charge is -2.46. The molecule has 2 rings (SSSR count). The maximum Gasteiger partial charge on any atom is 0.142 e. The van der Waals surface area contributed by atoms with Gasteiger partial charge in [-0.25, -0.2) is 0 Å². The van der Waals surface area contributed by atoms with Gasteiger partial charge in [0.25, 0.3) is 0 Å². The van der Waals surface area contributed by atoms with E-state index in [0.717, 1.165) is 11.4 Å². The van der Waals surface area contributed by atoms with Gasteiger partial charge < -0.3 is 14.7 Å². The van der Waals surface area contributed by atoms with E-state index in [1.807, 2.05) is 6.92 Å². The molecule has 0 amide bonds. The predicted molar refractivity (Wildman–Crippen MR) is 74.5 cm³/mol. The molecule has 3 nitrogen and oxygen atoms in total. The fraction of sp³-hybridized carbons (Fsp3) is 0.600. The van der Waals surface area contributed by atoms with Gasteiger partial charge in [-0.05, 0) is 30.0 Å². The minimum absolute atomic E-state index is 0.117. The third kappa shape index (κ3) is 2.46. The average Bonchev–Trinajstić information content (AvgIpc) is 2.23. The summed E-state index contributed by atoms with van der Waals surface area (Å²) in [5, 5.41) is 9.81. The van der Waals surface area contributed by atoms with Crippen LogP contribution in [0.25, 0.3) is 0 Å². The smallest absolute Gasteiger partial charge is 0.142 e. The van der Waals surface area contributed by atoms with Crippen LogP contribution in [0.15, 0.2) is 18.2 Å². The standard InChI is InChI=1S/C15H23NO2/c1-14(2,3)11-6-7-12(13(8-11)18-5)16-9-15(4,17)10-16/h6-8,17H,9-10H2,1-5H3. The van der Waals surface area contributed by atoms with Crippen LogP contribution in [-0.2, 0) is 5.41 Å². The van der Waals surface area contributed by atoms with Crippen LogP contribution in [-0.4, -0.2) is 30.9 Å². The monoisotopic (exact) mass is 249 g/mol. The molecule has 0 unspecified atom stereocenters. The molecule has 1 heterocycles. The van der Waals surface area contributed by atoms with Crippen molar-refractivity contribution in [1.82, 2.24) is 0 Å². The molecule has 1 aromatic carbocycles. The van der Waals surface area contributed by atoms with Crippen LogP contribution in [0.1, 0.15) is 33.3 Å². The fourth-order valence-corrected chi connectivity index (χ4v) is 2.35. The van der Waals surface area contributed by atoms with E-state index in [9.17, 15) is 5.11 Å². The molecule has 0 spiro atoms. The first-order valence-electron chi connectivity index (χ1n) is 6.39. The van der Waals surface area contributed by atoms with E-state index in [1.165, 1.54) is 5.56 Å². The highest BCUT2D eigenvalue weighted by atomic mass is 16.5. The number of rotatable bonds is 2. The quantitative estimate of drug-likeness (QED) is 0.874. The van der Waals surface area contributed by atoms with Gasteiger partial charge in [0, 0.05) is 13.1 Å². The Morgan fingerprint density at radius 1 is 1.28 bits per heavy atom. The number of hydrogen-bond acceptors (Lipinski definition) is 3. The van der Waals surface area contributed by atoms with Crippen molar-refractivity contribution in [1.29, 1.82) is 0 Å². The van der Waals surface area contributed by atoms with Gasteiger partial charge in [-0.3, -0.25) is 0 Å². The molecule has 18 heavy (non-hydrogen) atoms. The normalized spacial score (nSPS) is 18.4. The van der Waals surface area contributed by atoms with Gasteiger partial charge >= 0.3 is 0 Å². The van der Waals surface area contributed by atoms with Crippen LogP contribution in [0.2, 0.25) is 0 Å². The summed E-state index contributed by atoms with van der Waals surface area (Å²) in [5.74, 6) is 0.887. The van der Waals surface area contributed by atoms with Crippen molar-refractivity contribution < 1.29 is 9.84 Å². The molecule has 100 valence electrons. The Labute approximate surface area is 109 Å². The first-order valence-corrected chi connectivity index (χ1v) is 6.39. The minimum atomic E-state index is -0.562. The highest BCUT2D eigenvalue weighted by Gasteiger charge is 2.37. The summed E-state index contributed by atoms with van der Waals surface area (Å²) < 4.78 is 5.48. The van der Waals surface area contributed by atoms with Gasteiger partial charge in [0.05, 0.1) is 18.4 Å². The van der Waals surface area contributed by atoms with Crippen LogP contribution in [0, 0.1) is 0 Å². The lowest BCUT2D eigenvalue weighted by atomic mass is 9.86. The number of nitrogens with zero attached hydrogens (tertiary/aromatic N) is 1. The summed E-state index contributed by atoms with van der Waals surface area (Å²) in [6.45, 7) is 9.76. The van der Waals surface area contributed by atoms with Crippen molar-refractivity contribution in [3.05, 3.63) is 23.8 Å². The van der Waals surface area contributed by atoms with E-state index in [0.29, 0.717) is 13.1 Å². The van der Waals surface area contributed by atoms with Crippen LogP contribution >= 0.6 is 0 Å². The van der Waals surface area contributed by atoms with Gasteiger partial charge in [0.1, 0.15) is 5.75 Å². The van der Waals surface area contributed by atoms with Crippen LogP contribution in [0.4, 0.5) is 5.69 Å². The molecule has 3 heteroatoms. The summed E-state index contributed by atoms with van der Waals surface area (Å²) in [4.78, 5) is 2.14. The summed E-state index contributed by atoms with van der Waals surface area (Å²) >= 11 is 0. The van der Waals surface area contributed by atoms with Crippen molar-refractivity contribution in [2.45, 2.75) is 38.7 Å². The number of methoxy groups -OCH3 is 1. The molecule has 0 bridgehead atoms. The molecule has 0 radical (unpaired) electrons. The lowest BCUT2D eigenvalue weighted by Crippen LogP contribution is -2.60. The van der Waals surface area contributed by atoms with Crippen molar-refractivity contribution in [3.63, 3.8) is 0 Å². The maximum atomic E-state index is 9.81. The van der Waals surface area contributed by atoms with Crippen LogP contribution < -0.4 is 9.64 Å². The van der Waals surface area contributed by atoms with Gasteiger partial charge in [-0.15, -0.1) is 0 Å². The average molecular weight is 249 g/mol. The molecular formula is C15H23NO2. The Kier molecular flexibility index (Phi) is 3.06. The van der Waals surface area contributed by atoms with E-state index < -0.39 is 5.60 Å². The maximum absolute atomic E-state index is 9.81. The fourth-order valence-electron chi connectivity index (χ4n) is 2.35. The Bertz CT molecular complexity index is 438. The third-order valence-corrected chi connectivity index (χ3v) is 3.45. The van der Waals surface area contributed by atoms with Gasteiger partial charge in [-0.2, -0.15) is 0 Å². The second kappa shape index (κ2) is 4.16. The molecule has 0 aromatic heterocycles. The second-order valence-corrected chi connectivity index (χ2v) is 6.49. The zero-order valence-electron chi connectivity index (χ0n) is 11.9. The predicted octanol–water partition coefficient (Wildman–Crippen LogP) is 2.56. The molecule has 1 aliphatic rings. The molecule has 0 aliphatic carbocycles. The van der Waals surface area contributed by atoms with Crippen molar-refractivity contribution >= 4 is 5.69 Å². The number of hydrogen-bond donors (Lipinski definition) is 1. The lowest BCUT2D eigenvalue weighted by molar-refractivity contribution is 0.0308.